The number of anilines is 1. The lowest BCUT2D eigenvalue weighted by molar-refractivity contribution is 0.247. The monoisotopic (exact) mass is 351 g/mol. The Bertz CT molecular complexity index is 885. The van der Waals surface area contributed by atoms with Gasteiger partial charge in [0.05, 0.1) is 11.2 Å². The van der Waals surface area contributed by atoms with Crippen molar-refractivity contribution in [3.05, 3.63) is 70.9 Å². The van der Waals surface area contributed by atoms with Gasteiger partial charge in [-0.25, -0.2) is 0 Å². The SMILES string of the molecule is Cc1ccc(Cl)cc1N1CCN(Cc2ccc3ccccc3n2)CC1. The van der Waals surface area contributed by atoms with Crippen molar-refractivity contribution in [2.24, 2.45) is 0 Å². The standard InChI is InChI=1S/C21H22ClN3/c1-16-6-8-18(22)14-21(16)25-12-10-24(11-13-25)15-19-9-7-17-4-2-3-5-20(17)23-19/h2-9,14H,10-13,15H2,1H3. The first kappa shape index (κ1) is 16.4. The van der Waals surface area contributed by atoms with Gasteiger partial charge in [0.1, 0.15) is 0 Å². The van der Waals surface area contributed by atoms with Gasteiger partial charge in [0.2, 0.25) is 0 Å². The summed E-state index contributed by atoms with van der Waals surface area (Å²) in [5, 5.41) is 2.01. The lowest BCUT2D eigenvalue weighted by Gasteiger charge is -2.36. The first-order chi connectivity index (χ1) is 12.2. The maximum atomic E-state index is 6.17. The first-order valence-electron chi connectivity index (χ1n) is 8.77. The fraction of sp³-hybridized carbons (Fsp3) is 0.286. The molecular formula is C21H22ClN3. The van der Waals surface area contributed by atoms with Crippen molar-refractivity contribution in [2.45, 2.75) is 13.5 Å². The number of piperazine rings is 1. The summed E-state index contributed by atoms with van der Waals surface area (Å²) in [6.07, 6.45) is 0. The van der Waals surface area contributed by atoms with E-state index in [1.54, 1.807) is 0 Å². The van der Waals surface area contributed by atoms with Gasteiger partial charge in [-0.15, -0.1) is 0 Å². The molecule has 0 spiro atoms. The molecule has 25 heavy (non-hydrogen) atoms. The molecule has 1 aliphatic heterocycles. The molecule has 0 atom stereocenters. The summed E-state index contributed by atoms with van der Waals surface area (Å²) in [7, 11) is 0. The minimum atomic E-state index is 0.809. The summed E-state index contributed by atoms with van der Waals surface area (Å²) >= 11 is 6.17. The van der Waals surface area contributed by atoms with E-state index in [0.717, 1.165) is 49.0 Å². The van der Waals surface area contributed by atoms with Crippen molar-refractivity contribution in [3.63, 3.8) is 0 Å². The maximum Gasteiger partial charge on any atom is 0.0705 e. The largest absolute Gasteiger partial charge is 0.369 e. The summed E-state index contributed by atoms with van der Waals surface area (Å²) in [4.78, 5) is 9.72. The molecule has 4 rings (SSSR count). The lowest BCUT2D eigenvalue weighted by Crippen LogP contribution is -2.46. The van der Waals surface area contributed by atoms with Gasteiger partial charge in [0.15, 0.2) is 0 Å². The average Bonchev–Trinajstić information content (AvgIpc) is 2.64. The van der Waals surface area contributed by atoms with Crippen molar-refractivity contribution in [1.82, 2.24) is 9.88 Å². The van der Waals surface area contributed by atoms with E-state index in [0.29, 0.717) is 0 Å². The van der Waals surface area contributed by atoms with E-state index in [1.165, 1.54) is 16.6 Å². The molecule has 3 nitrogen and oxygen atoms in total. The van der Waals surface area contributed by atoms with Gasteiger partial charge in [-0.05, 0) is 36.8 Å². The molecule has 0 bridgehead atoms. The third-order valence-electron chi connectivity index (χ3n) is 4.93. The van der Waals surface area contributed by atoms with E-state index in [2.05, 4.69) is 59.2 Å². The molecule has 128 valence electrons. The quantitative estimate of drug-likeness (QED) is 0.691. The highest BCUT2D eigenvalue weighted by atomic mass is 35.5. The number of aromatic nitrogens is 1. The van der Waals surface area contributed by atoms with Crippen LogP contribution in [0.4, 0.5) is 5.69 Å². The van der Waals surface area contributed by atoms with Crippen LogP contribution < -0.4 is 4.90 Å². The summed E-state index contributed by atoms with van der Waals surface area (Å²) < 4.78 is 0. The Kier molecular flexibility index (Phi) is 4.60. The topological polar surface area (TPSA) is 19.4 Å². The van der Waals surface area contributed by atoms with Crippen molar-refractivity contribution in [2.75, 3.05) is 31.1 Å². The average molecular weight is 352 g/mol. The number of pyridine rings is 1. The molecule has 4 heteroatoms. The van der Waals surface area contributed by atoms with Crippen LogP contribution in [0.2, 0.25) is 5.02 Å². The molecule has 0 saturated carbocycles. The molecule has 0 radical (unpaired) electrons. The molecule has 0 amide bonds. The highest BCUT2D eigenvalue weighted by Gasteiger charge is 2.19. The van der Waals surface area contributed by atoms with Crippen LogP contribution in [0, 0.1) is 6.92 Å². The number of para-hydroxylation sites is 1. The number of nitrogens with zero attached hydrogens (tertiary/aromatic N) is 3. The van der Waals surface area contributed by atoms with Crippen LogP contribution in [0.3, 0.4) is 0 Å². The van der Waals surface area contributed by atoms with Gasteiger partial charge >= 0.3 is 0 Å². The minimum absolute atomic E-state index is 0.809. The van der Waals surface area contributed by atoms with Crippen LogP contribution >= 0.6 is 11.6 Å². The number of hydrogen-bond acceptors (Lipinski definition) is 3. The fourth-order valence-corrected chi connectivity index (χ4v) is 3.66. The Morgan fingerprint density at radius 1 is 0.960 bits per heavy atom. The maximum absolute atomic E-state index is 6.17. The van der Waals surface area contributed by atoms with Crippen molar-refractivity contribution >= 4 is 28.2 Å². The van der Waals surface area contributed by atoms with Gasteiger partial charge in [0, 0.05) is 48.8 Å². The second kappa shape index (κ2) is 7.03. The van der Waals surface area contributed by atoms with E-state index >= 15 is 0 Å². The second-order valence-electron chi connectivity index (χ2n) is 6.69. The molecule has 1 saturated heterocycles. The molecule has 0 unspecified atom stereocenters. The number of benzene rings is 2. The molecule has 0 N–H and O–H groups in total. The highest BCUT2D eigenvalue weighted by molar-refractivity contribution is 6.30. The molecule has 0 aliphatic carbocycles. The first-order valence-corrected chi connectivity index (χ1v) is 9.15. The fourth-order valence-electron chi connectivity index (χ4n) is 3.50. The number of fused-ring (bicyclic) bond motifs is 1. The smallest absolute Gasteiger partial charge is 0.0705 e. The zero-order chi connectivity index (χ0) is 17.2. The summed E-state index contributed by atoms with van der Waals surface area (Å²) in [6, 6.07) is 18.8. The normalized spacial score (nSPS) is 15.7. The highest BCUT2D eigenvalue weighted by Crippen LogP contribution is 2.25. The Hall–Kier alpha value is -2.10. The van der Waals surface area contributed by atoms with Crippen LogP contribution in [-0.4, -0.2) is 36.1 Å². The van der Waals surface area contributed by atoms with E-state index in [4.69, 9.17) is 16.6 Å². The van der Waals surface area contributed by atoms with Crippen LogP contribution in [0.1, 0.15) is 11.3 Å². The van der Waals surface area contributed by atoms with Crippen LogP contribution in [0.25, 0.3) is 10.9 Å². The van der Waals surface area contributed by atoms with Gasteiger partial charge in [-0.2, -0.15) is 0 Å². The number of aryl methyl sites for hydroxylation is 1. The molecule has 3 aromatic rings. The van der Waals surface area contributed by atoms with Crippen LogP contribution in [-0.2, 0) is 6.54 Å². The summed E-state index contributed by atoms with van der Waals surface area (Å²) in [5.74, 6) is 0. The molecule has 1 fully saturated rings. The van der Waals surface area contributed by atoms with E-state index < -0.39 is 0 Å². The van der Waals surface area contributed by atoms with Crippen molar-refractivity contribution in [1.29, 1.82) is 0 Å². The summed E-state index contributed by atoms with van der Waals surface area (Å²) in [5.41, 5.74) is 4.77. The van der Waals surface area contributed by atoms with Gasteiger partial charge in [-0.3, -0.25) is 9.88 Å². The predicted octanol–water partition coefficient (Wildman–Crippen LogP) is 4.52. The Balaban J connectivity index is 1.42. The molecule has 2 aromatic carbocycles. The minimum Gasteiger partial charge on any atom is -0.369 e. The zero-order valence-corrected chi connectivity index (χ0v) is 15.2. The van der Waals surface area contributed by atoms with E-state index in [-0.39, 0.29) is 0 Å². The van der Waals surface area contributed by atoms with E-state index in [1.807, 2.05) is 12.1 Å². The Morgan fingerprint density at radius 3 is 2.60 bits per heavy atom. The zero-order valence-electron chi connectivity index (χ0n) is 14.5. The third kappa shape index (κ3) is 3.63. The van der Waals surface area contributed by atoms with E-state index in [9.17, 15) is 0 Å². The summed E-state index contributed by atoms with van der Waals surface area (Å²) in [6.45, 7) is 7.19. The van der Waals surface area contributed by atoms with Gasteiger partial charge < -0.3 is 4.90 Å². The van der Waals surface area contributed by atoms with Gasteiger partial charge in [0.25, 0.3) is 0 Å². The van der Waals surface area contributed by atoms with Crippen molar-refractivity contribution < 1.29 is 0 Å². The third-order valence-corrected chi connectivity index (χ3v) is 5.16. The number of rotatable bonds is 3. The number of halogens is 1. The lowest BCUT2D eigenvalue weighted by atomic mass is 10.1. The molecule has 1 aromatic heterocycles. The number of hydrogen-bond donors (Lipinski definition) is 0. The van der Waals surface area contributed by atoms with Crippen molar-refractivity contribution in [3.8, 4) is 0 Å². The molecule has 1 aliphatic rings. The predicted molar refractivity (Wildman–Crippen MR) is 105 cm³/mol. The second-order valence-corrected chi connectivity index (χ2v) is 7.13. The van der Waals surface area contributed by atoms with Gasteiger partial charge in [-0.1, -0.05) is 41.9 Å². The molecule has 2 heterocycles. The molecular weight excluding hydrogens is 330 g/mol. The Labute approximate surface area is 153 Å². The van der Waals surface area contributed by atoms with Crippen LogP contribution in [0.5, 0.6) is 0 Å². The van der Waals surface area contributed by atoms with Crippen LogP contribution in [0.15, 0.2) is 54.6 Å². The Morgan fingerprint density at radius 2 is 1.76 bits per heavy atom.